The Bertz CT molecular complexity index is 928. The van der Waals surface area contributed by atoms with Crippen LogP contribution in [0.2, 0.25) is 0 Å². The van der Waals surface area contributed by atoms with E-state index in [2.05, 4.69) is 4.90 Å². The predicted molar refractivity (Wildman–Crippen MR) is 119 cm³/mol. The third-order valence-corrected chi connectivity index (χ3v) is 5.31. The van der Waals surface area contributed by atoms with Crippen LogP contribution in [0.5, 0.6) is 11.5 Å². The molecule has 0 aromatic heterocycles. The molecule has 0 aliphatic carbocycles. The van der Waals surface area contributed by atoms with Gasteiger partial charge in [-0.25, -0.2) is 18.4 Å². The zero-order valence-corrected chi connectivity index (χ0v) is 19.1. The number of likely N-dealkylation sites (tertiary alicyclic amines) is 1. The van der Waals surface area contributed by atoms with Gasteiger partial charge in [0.1, 0.15) is 11.5 Å². The van der Waals surface area contributed by atoms with Crippen LogP contribution in [0, 0.1) is 17.6 Å². The molecule has 1 fully saturated rings. The number of carboxylic acids is 2. The topological polar surface area (TPSA) is 106 Å². The molecule has 186 valence electrons. The van der Waals surface area contributed by atoms with Crippen LogP contribution >= 0.6 is 0 Å². The largest absolute Gasteiger partial charge is 0.497 e. The fraction of sp³-hybridized carbons (Fsp3) is 0.417. The summed E-state index contributed by atoms with van der Waals surface area (Å²) in [7, 11) is 3.26. The maximum Gasteiger partial charge on any atom is 0.414 e. The van der Waals surface area contributed by atoms with Crippen molar-refractivity contribution in [3.05, 3.63) is 59.2 Å². The normalized spacial score (nSPS) is 14.1. The Morgan fingerprint density at radius 2 is 1.50 bits per heavy atom. The number of nitrogens with zero attached hydrogens (tertiary/aromatic N) is 1. The second-order valence-corrected chi connectivity index (χ2v) is 7.81. The second kappa shape index (κ2) is 13.5. The zero-order chi connectivity index (χ0) is 25.1. The molecule has 0 saturated carbocycles. The van der Waals surface area contributed by atoms with Gasteiger partial charge in [0.15, 0.2) is 11.6 Å². The molecule has 2 aromatic rings. The van der Waals surface area contributed by atoms with E-state index in [1.165, 1.54) is 12.1 Å². The van der Waals surface area contributed by atoms with Crippen molar-refractivity contribution < 1.29 is 42.8 Å². The summed E-state index contributed by atoms with van der Waals surface area (Å²) in [5.41, 5.74) is 1.83. The van der Waals surface area contributed by atoms with Crippen LogP contribution in [0.25, 0.3) is 0 Å². The van der Waals surface area contributed by atoms with E-state index in [1.54, 1.807) is 20.3 Å². The van der Waals surface area contributed by atoms with Crippen molar-refractivity contribution in [3.8, 4) is 11.5 Å². The van der Waals surface area contributed by atoms with Crippen LogP contribution in [-0.4, -0.2) is 61.0 Å². The first kappa shape index (κ1) is 27.0. The molecule has 0 unspecified atom stereocenters. The van der Waals surface area contributed by atoms with E-state index in [-0.39, 0.29) is 0 Å². The molecule has 1 saturated heterocycles. The van der Waals surface area contributed by atoms with Crippen molar-refractivity contribution in [1.29, 1.82) is 0 Å². The maximum absolute atomic E-state index is 13.3. The minimum Gasteiger partial charge on any atom is -0.497 e. The van der Waals surface area contributed by atoms with Crippen LogP contribution in [0.3, 0.4) is 0 Å². The number of carboxylic acid groups (broad SMARTS) is 2. The molecule has 0 amide bonds. The number of benzene rings is 2. The van der Waals surface area contributed by atoms with Crippen molar-refractivity contribution >= 4 is 11.9 Å². The van der Waals surface area contributed by atoms with Gasteiger partial charge in [-0.3, -0.25) is 4.90 Å². The molecule has 0 atom stereocenters. The lowest BCUT2D eigenvalue weighted by molar-refractivity contribution is -0.159. The Morgan fingerprint density at radius 1 is 0.912 bits per heavy atom. The van der Waals surface area contributed by atoms with Crippen LogP contribution in [0.1, 0.15) is 24.0 Å². The lowest BCUT2D eigenvalue weighted by atomic mass is 9.97. The van der Waals surface area contributed by atoms with Gasteiger partial charge in [0.2, 0.25) is 0 Å². The molecule has 0 bridgehead atoms. The lowest BCUT2D eigenvalue weighted by Crippen LogP contribution is -2.34. The quantitative estimate of drug-likeness (QED) is 0.552. The van der Waals surface area contributed by atoms with Crippen molar-refractivity contribution in [2.75, 3.05) is 33.9 Å². The number of rotatable bonds is 8. The molecule has 1 aliphatic rings. The third-order valence-electron chi connectivity index (χ3n) is 5.31. The van der Waals surface area contributed by atoms with E-state index in [4.69, 9.17) is 34.0 Å². The molecule has 3 rings (SSSR count). The standard InChI is InChI=1S/C22H27F2NO3.C2H2O4/c1-26-19-9-18(10-20(12-19)27-2)15-28-14-16-5-7-25(8-6-16)13-17-3-4-21(23)22(24)11-17;3-1(4)2(5)6/h3-4,9-12,16H,5-8,13-15H2,1-2H3;(H,3,4)(H,5,6). The first-order valence-electron chi connectivity index (χ1n) is 10.6. The van der Waals surface area contributed by atoms with E-state index < -0.39 is 23.6 Å². The Hall–Kier alpha value is -3.24. The number of aliphatic carboxylic acids is 2. The van der Waals surface area contributed by atoms with Crippen LogP contribution < -0.4 is 9.47 Å². The molecular weight excluding hydrogens is 452 g/mol. The number of ether oxygens (including phenoxy) is 3. The first-order valence-corrected chi connectivity index (χ1v) is 10.6. The van der Waals surface area contributed by atoms with Crippen molar-refractivity contribution in [3.63, 3.8) is 0 Å². The van der Waals surface area contributed by atoms with E-state index in [0.717, 1.165) is 48.6 Å². The van der Waals surface area contributed by atoms with Crippen molar-refractivity contribution in [2.45, 2.75) is 26.0 Å². The van der Waals surface area contributed by atoms with E-state index >= 15 is 0 Å². The molecule has 1 heterocycles. The maximum atomic E-state index is 13.3. The van der Waals surface area contributed by atoms with Gasteiger partial charge in [0, 0.05) is 19.2 Å². The summed E-state index contributed by atoms with van der Waals surface area (Å²) in [5, 5.41) is 14.8. The van der Waals surface area contributed by atoms with Crippen molar-refractivity contribution in [1.82, 2.24) is 4.90 Å². The van der Waals surface area contributed by atoms with Crippen LogP contribution in [-0.2, 0) is 27.5 Å². The summed E-state index contributed by atoms with van der Waals surface area (Å²) in [5.74, 6) is -3.21. The highest BCUT2D eigenvalue weighted by atomic mass is 19.2. The predicted octanol–water partition coefficient (Wildman–Crippen LogP) is 3.57. The Balaban J connectivity index is 0.000000604. The third kappa shape index (κ3) is 8.95. The van der Waals surface area contributed by atoms with Crippen molar-refractivity contribution in [2.24, 2.45) is 5.92 Å². The van der Waals surface area contributed by atoms with Gasteiger partial charge >= 0.3 is 11.9 Å². The SMILES string of the molecule is COc1cc(COCC2CCN(Cc3ccc(F)c(F)c3)CC2)cc(OC)c1.O=C(O)C(=O)O. The average Bonchev–Trinajstić information content (AvgIpc) is 2.82. The number of hydrogen-bond donors (Lipinski definition) is 2. The molecule has 10 heteroatoms. The lowest BCUT2D eigenvalue weighted by Gasteiger charge is -2.31. The summed E-state index contributed by atoms with van der Waals surface area (Å²) in [6, 6.07) is 9.87. The second-order valence-electron chi connectivity index (χ2n) is 7.81. The highest BCUT2D eigenvalue weighted by Crippen LogP contribution is 2.24. The number of carbonyl (C=O) groups is 2. The minimum atomic E-state index is -1.82. The molecule has 2 aromatic carbocycles. The van der Waals surface area contributed by atoms with Gasteiger partial charge < -0.3 is 24.4 Å². The minimum absolute atomic E-state index is 0.508. The highest BCUT2D eigenvalue weighted by molar-refractivity contribution is 6.27. The zero-order valence-electron chi connectivity index (χ0n) is 19.1. The van der Waals surface area contributed by atoms with E-state index in [9.17, 15) is 8.78 Å². The van der Waals surface area contributed by atoms with Crippen LogP contribution in [0.15, 0.2) is 36.4 Å². The van der Waals surface area contributed by atoms with Gasteiger partial charge in [-0.1, -0.05) is 6.07 Å². The van der Waals surface area contributed by atoms with Gasteiger partial charge in [-0.05, 0) is 67.2 Å². The smallest absolute Gasteiger partial charge is 0.414 e. The number of hydrogen-bond acceptors (Lipinski definition) is 6. The number of halogens is 2. The molecule has 2 N–H and O–H groups in total. The van der Waals surface area contributed by atoms with Gasteiger partial charge in [-0.2, -0.15) is 0 Å². The number of methoxy groups -OCH3 is 2. The Kier molecular flexibility index (Phi) is 10.7. The monoisotopic (exact) mass is 481 g/mol. The summed E-state index contributed by atoms with van der Waals surface area (Å²) in [6.45, 7) is 3.73. The fourth-order valence-corrected chi connectivity index (χ4v) is 3.50. The summed E-state index contributed by atoms with van der Waals surface area (Å²) < 4.78 is 42.9. The average molecular weight is 481 g/mol. The molecule has 8 nitrogen and oxygen atoms in total. The molecule has 34 heavy (non-hydrogen) atoms. The van der Waals surface area contributed by atoms with E-state index in [0.29, 0.717) is 25.7 Å². The summed E-state index contributed by atoms with van der Waals surface area (Å²) >= 11 is 0. The summed E-state index contributed by atoms with van der Waals surface area (Å²) in [6.07, 6.45) is 2.07. The molecule has 1 aliphatic heterocycles. The van der Waals surface area contributed by atoms with Crippen LogP contribution in [0.4, 0.5) is 8.78 Å². The molecular formula is C24H29F2NO7. The first-order chi connectivity index (χ1) is 16.2. The van der Waals surface area contributed by atoms with Gasteiger partial charge in [-0.15, -0.1) is 0 Å². The molecule has 0 spiro atoms. The number of piperidine rings is 1. The Morgan fingerprint density at radius 3 is 2.00 bits per heavy atom. The fourth-order valence-electron chi connectivity index (χ4n) is 3.50. The van der Waals surface area contributed by atoms with E-state index in [1.807, 2.05) is 18.2 Å². The Labute approximate surface area is 196 Å². The van der Waals surface area contributed by atoms with Gasteiger partial charge in [0.05, 0.1) is 20.8 Å². The highest BCUT2D eigenvalue weighted by Gasteiger charge is 2.20. The molecule has 0 radical (unpaired) electrons. The van der Waals surface area contributed by atoms with Gasteiger partial charge in [0.25, 0.3) is 0 Å². The summed E-state index contributed by atoms with van der Waals surface area (Å²) in [4.78, 5) is 20.5.